The predicted molar refractivity (Wildman–Crippen MR) is 89.0 cm³/mol. The number of nitrogens with zero attached hydrogens (tertiary/aromatic N) is 1. The Labute approximate surface area is 134 Å². The molecule has 0 spiro atoms. The van der Waals surface area contributed by atoms with Gasteiger partial charge < -0.3 is 4.90 Å². The Bertz CT molecular complexity index is 443. The third kappa shape index (κ3) is 2.73. The molecule has 2 heterocycles. The second-order valence-electron chi connectivity index (χ2n) is 6.68. The van der Waals surface area contributed by atoms with Gasteiger partial charge in [0.05, 0.1) is 0 Å². The molecule has 112 valence electrons. The number of fused-ring (bicyclic) bond motifs is 2. The summed E-state index contributed by atoms with van der Waals surface area (Å²) < 4.78 is 0. The van der Waals surface area contributed by atoms with E-state index >= 15 is 0 Å². The average molecular weight is 314 g/mol. The Hall–Kier alpha value is -0.240. The van der Waals surface area contributed by atoms with Crippen molar-refractivity contribution in [3.63, 3.8) is 0 Å². The Kier molecular flexibility index (Phi) is 5.05. The van der Waals surface area contributed by atoms with Crippen LogP contribution in [0.25, 0.3) is 0 Å². The highest BCUT2D eigenvalue weighted by atomic mass is 35.5. The van der Waals surface area contributed by atoms with Crippen LogP contribution in [0.2, 0.25) is 5.02 Å². The fourth-order valence-electron chi connectivity index (χ4n) is 4.48. The number of hydrogen-bond acceptors (Lipinski definition) is 1. The smallest absolute Gasteiger partial charge is 0.0406 e. The van der Waals surface area contributed by atoms with E-state index in [-0.39, 0.29) is 12.4 Å². The normalized spacial score (nSPS) is 33.2. The number of rotatable bonds is 2. The van der Waals surface area contributed by atoms with E-state index in [1.54, 1.807) is 0 Å². The zero-order valence-electron chi connectivity index (χ0n) is 12.6. The van der Waals surface area contributed by atoms with Crippen molar-refractivity contribution >= 4 is 24.0 Å². The molecule has 1 aromatic rings. The van der Waals surface area contributed by atoms with Gasteiger partial charge in [0.15, 0.2) is 0 Å². The van der Waals surface area contributed by atoms with Gasteiger partial charge in [-0.3, -0.25) is 0 Å². The van der Waals surface area contributed by atoms with Crippen molar-refractivity contribution in [3.05, 3.63) is 34.9 Å². The largest absolute Gasteiger partial charge is 0.300 e. The first-order chi connectivity index (χ1) is 9.08. The fraction of sp³-hybridized carbons (Fsp3) is 0.647. The Morgan fingerprint density at radius 2 is 1.80 bits per heavy atom. The summed E-state index contributed by atoms with van der Waals surface area (Å²) in [5.74, 6) is 2.24. The van der Waals surface area contributed by atoms with Gasteiger partial charge in [0.2, 0.25) is 0 Å². The quantitative estimate of drug-likeness (QED) is 0.744. The molecule has 2 saturated heterocycles. The van der Waals surface area contributed by atoms with Crippen LogP contribution in [0.1, 0.15) is 44.6 Å². The maximum Gasteiger partial charge on any atom is 0.0406 e. The number of halogens is 2. The highest BCUT2D eigenvalue weighted by Crippen LogP contribution is 2.48. The molecule has 2 fully saturated rings. The minimum absolute atomic E-state index is 0. The van der Waals surface area contributed by atoms with E-state index in [9.17, 15) is 0 Å². The molecule has 0 N–H and O–H groups in total. The molecule has 2 unspecified atom stereocenters. The minimum atomic E-state index is 0. The second kappa shape index (κ2) is 6.25. The third-order valence-corrected chi connectivity index (χ3v) is 5.65. The first kappa shape index (κ1) is 16.1. The molecule has 3 heteroatoms. The lowest BCUT2D eigenvalue weighted by Gasteiger charge is -2.45. The van der Waals surface area contributed by atoms with Crippen LogP contribution in [0, 0.1) is 11.8 Å². The van der Waals surface area contributed by atoms with Crippen LogP contribution in [0.15, 0.2) is 24.3 Å². The SMILES string of the molecule is CC(C)C1C2CC[C@H](C[C@@H]1c1ccc(Cl)cc1)N2C.Cl. The maximum atomic E-state index is 6.03. The lowest BCUT2D eigenvalue weighted by atomic mass is 9.71. The summed E-state index contributed by atoms with van der Waals surface area (Å²) in [6, 6.07) is 10.2. The number of hydrogen-bond donors (Lipinski definition) is 0. The molecule has 1 aromatic carbocycles. The predicted octanol–water partition coefficient (Wildman–Crippen LogP) is 4.98. The molecule has 0 aromatic heterocycles. The van der Waals surface area contributed by atoms with Crippen molar-refractivity contribution in [2.24, 2.45) is 11.8 Å². The van der Waals surface area contributed by atoms with E-state index in [1.165, 1.54) is 24.8 Å². The summed E-state index contributed by atoms with van der Waals surface area (Å²) in [5.41, 5.74) is 1.49. The third-order valence-electron chi connectivity index (χ3n) is 5.40. The Balaban J connectivity index is 0.00000147. The van der Waals surface area contributed by atoms with E-state index in [2.05, 4.69) is 50.1 Å². The van der Waals surface area contributed by atoms with Gasteiger partial charge in [-0.05, 0) is 61.8 Å². The van der Waals surface area contributed by atoms with Gasteiger partial charge in [-0.25, -0.2) is 0 Å². The van der Waals surface area contributed by atoms with Gasteiger partial charge >= 0.3 is 0 Å². The lowest BCUT2D eigenvalue weighted by molar-refractivity contribution is 0.0727. The van der Waals surface area contributed by atoms with E-state index in [0.717, 1.165) is 28.9 Å². The van der Waals surface area contributed by atoms with E-state index in [0.29, 0.717) is 5.92 Å². The Morgan fingerprint density at radius 1 is 1.15 bits per heavy atom. The summed E-state index contributed by atoms with van der Waals surface area (Å²) in [7, 11) is 2.33. The first-order valence-corrected chi connectivity index (χ1v) is 7.93. The number of piperidine rings is 1. The van der Waals surface area contributed by atoms with Crippen molar-refractivity contribution in [2.75, 3.05) is 7.05 Å². The summed E-state index contributed by atoms with van der Waals surface area (Å²) in [4.78, 5) is 2.65. The highest BCUT2D eigenvalue weighted by Gasteiger charge is 2.46. The molecular formula is C17H25Cl2N. The molecule has 1 nitrogen and oxygen atoms in total. The van der Waals surface area contributed by atoms with Gasteiger partial charge in [-0.1, -0.05) is 37.6 Å². The summed E-state index contributed by atoms with van der Waals surface area (Å²) in [6.07, 6.45) is 4.08. The Morgan fingerprint density at radius 3 is 2.40 bits per heavy atom. The van der Waals surface area contributed by atoms with Crippen LogP contribution in [0.5, 0.6) is 0 Å². The fourth-order valence-corrected chi connectivity index (χ4v) is 4.61. The zero-order chi connectivity index (χ0) is 13.6. The summed E-state index contributed by atoms with van der Waals surface area (Å²) >= 11 is 6.03. The van der Waals surface area contributed by atoms with Gasteiger partial charge in [0.25, 0.3) is 0 Å². The highest BCUT2D eigenvalue weighted by molar-refractivity contribution is 6.30. The molecule has 0 saturated carbocycles. The monoisotopic (exact) mass is 313 g/mol. The van der Waals surface area contributed by atoms with E-state index < -0.39 is 0 Å². The average Bonchev–Trinajstić information content (AvgIpc) is 2.63. The van der Waals surface area contributed by atoms with E-state index in [4.69, 9.17) is 11.6 Å². The molecule has 2 aliphatic rings. The van der Waals surface area contributed by atoms with Crippen molar-refractivity contribution in [3.8, 4) is 0 Å². The van der Waals surface area contributed by atoms with Crippen LogP contribution in [0.4, 0.5) is 0 Å². The molecule has 4 atom stereocenters. The molecule has 2 bridgehead atoms. The van der Waals surface area contributed by atoms with Crippen molar-refractivity contribution in [1.29, 1.82) is 0 Å². The summed E-state index contributed by atoms with van der Waals surface area (Å²) in [5, 5.41) is 0.848. The van der Waals surface area contributed by atoms with Crippen LogP contribution >= 0.6 is 24.0 Å². The van der Waals surface area contributed by atoms with Crippen LogP contribution in [0.3, 0.4) is 0 Å². The minimum Gasteiger partial charge on any atom is -0.300 e. The molecule has 0 radical (unpaired) electrons. The summed E-state index contributed by atoms with van der Waals surface area (Å²) in [6.45, 7) is 4.78. The van der Waals surface area contributed by atoms with Gasteiger partial charge in [0, 0.05) is 17.1 Å². The standard InChI is InChI=1S/C17H24ClN.ClH/c1-11(2)17-15(12-4-6-13(18)7-5-12)10-14-8-9-16(17)19(14)3;/h4-7,11,14-17H,8-10H2,1-3H3;1H/t14-,15-,16?,17?;/m1./s1. The topological polar surface area (TPSA) is 3.24 Å². The number of benzene rings is 1. The van der Waals surface area contributed by atoms with Gasteiger partial charge in [-0.2, -0.15) is 0 Å². The van der Waals surface area contributed by atoms with Crippen molar-refractivity contribution in [1.82, 2.24) is 4.90 Å². The van der Waals surface area contributed by atoms with Crippen LogP contribution in [-0.2, 0) is 0 Å². The lowest BCUT2D eigenvalue weighted by Crippen LogP contribution is -2.47. The van der Waals surface area contributed by atoms with Crippen LogP contribution in [-0.4, -0.2) is 24.0 Å². The molecule has 0 aliphatic carbocycles. The van der Waals surface area contributed by atoms with Crippen molar-refractivity contribution in [2.45, 2.75) is 51.1 Å². The molecule has 3 rings (SSSR count). The maximum absolute atomic E-state index is 6.03. The molecule has 20 heavy (non-hydrogen) atoms. The second-order valence-corrected chi connectivity index (χ2v) is 7.12. The van der Waals surface area contributed by atoms with E-state index in [1.807, 2.05) is 0 Å². The molecular weight excluding hydrogens is 289 g/mol. The van der Waals surface area contributed by atoms with Crippen LogP contribution < -0.4 is 0 Å². The molecule has 0 amide bonds. The zero-order valence-corrected chi connectivity index (χ0v) is 14.1. The van der Waals surface area contributed by atoms with Gasteiger partial charge in [0.1, 0.15) is 0 Å². The first-order valence-electron chi connectivity index (χ1n) is 7.55. The van der Waals surface area contributed by atoms with Gasteiger partial charge in [-0.15, -0.1) is 12.4 Å². The molecule has 2 aliphatic heterocycles. The van der Waals surface area contributed by atoms with Crippen molar-refractivity contribution < 1.29 is 0 Å².